The van der Waals surface area contributed by atoms with Gasteiger partial charge in [-0.25, -0.2) is 15.0 Å². The van der Waals surface area contributed by atoms with Gasteiger partial charge in [-0.3, -0.25) is 0 Å². The molecule has 0 saturated heterocycles. The lowest BCUT2D eigenvalue weighted by Gasteiger charge is -2.12. The SMILES string of the molecule is c1ccc(-c2cc(-c3ccc(-c4ccc(-c5c(-c6ccccc6)sc6c5c(-c5ccccc5)nc5ccccc56)cc4)cc3)nc(-c3ccccc3)n2)cc1. The molecule has 0 N–H and O–H groups in total. The van der Waals surface area contributed by atoms with E-state index in [1.165, 1.54) is 37.0 Å². The van der Waals surface area contributed by atoms with E-state index in [-0.39, 0.29) is 0 Å². The van der Waals surface area contributed by atoms with Crippen molar-refractivity contribution in [1.29, 1.82) is 0 Å². The van der Waals surface area contributed by atoms with E-state index in [2.05, 4.69) is 164 Å². The van der Waals surface area contributed by atoms with Crippen LogP contribution in [0.4, 0.5) is 0 Å². The van der Waals surface area contributed by atoms with Gasteiger partial charge in [0.25, 0.3) is 0 Å². The van der Waals surface area contributed by atoms with E-state index in [0.717, 1.165) is 56.0 Å². The van der Waals surface area contributed by atoms with Gasteiger partial charge < -0.3 is 0 Å². The highest BCUT2D eigenvalue weighted by Crippen LogP contribution is 2.50. The summed E-state index contributed by atoms with van der Waals surface area (Å²) in [7, 11) is 0. The minimum Gasteiger partial charge on any atom is -0.247 e. The van der Waals surface area contributed by atoms with Gasteiger partial charge in [0.15, 0.2) is 5.82 Å². The Kier molecular flexibility index (Phi) is 8.36. The zero-order chi connectivity index (χ0) is 36.6. The number of para-hydroxylation sites is 1. The number of pyridine rings is 1. The molecule has 0 aliphatic carbocycles. The van der Waals surface area contributed by atoms with E-state index >= 15 is 0 Å². The number of fused-ring (bicyclic) bond motifs is 3. The molecule has 3 heterocycles. The molecular formula is C51H33N3S. The smallest absolute Gasteiger partial charge is 0.160 e. The zero-order valence-corrected chi connectivity index (χ0v) is 30.6. The van der Waals surface area contributed by atoms with E-state index in [0.29, 0.717) is 5.82 Å². The van der Waals surface area contributed by atoms with Crippen LogP contribution in [0.25, 0.3) is 98.8 Å². The quantitative estimate of drug-likeness (QED) is 0.165. The van der Waals surface area contributed by atoms with Crippen LogP contribution in [0.3, 0.4) is 0 Å². The number of benzene rings is 7. The first-order chi connectivity index (χ1) is 27.3. The molecular weight excluding hydrogens is 687 g/mol. The molecule has 0 aliphatic heterocycles. The maximum Gasteiger partial charge on any atom is 0.160 e. The summed E-state index contributed by atoms with van der Waals surface area (Å²) in [5.41, 5.74) is 13.9. The highest BCUT2D eigenvalue weighted by Gasteiger charge is 2.22. The maximum atomic E-state index is 5.31. The van der Waals surface area contributed by atoms with Crippen molar-refractivity contribution in [3.8, 4) is 77.9 Å². The summed E-state index contributed by atoms with van der Waals surface area (Å²) in [5, 5.41) is 2.37. The lowest BCUT2D eigenvalue weighted by Crippen LogP contribution is -1.95. The van der Waals surface area contributed by atoms with Crippen LogP contribution in [-0.2, 0) is 0 Å². The van der Waals surface area contributed by atoms with Crippen molar-refractivity contribution in [1.82, 2.24) is 15.0 Å². The van der Waals surface area contributed by atoms with Crippen molar-refractivity contribution >= 4 is 32.3 Å². The van der Waals surface area contributed by atoms with E-state index in [1.54, 1.807) is 0 Å². The fourth-order valence-corrected chi connectivity index (χ4v) is 8.75. The van der Waals surface area contributed by atoms with Crippen LogP contribution in [0.1, 0.15) is 0 Å². The Bertz CT molecular complexity index is 2870. The summed E-state index contributed by atoms with van der Waals surface area (Å²) < 4.78 is 1.26. The Hall–Kier alpha value is -7.01. The fourth-order valence-electron chi connectivity index (χ4n) is 7.39. The van der Waals surface area contributed by atoms with Gasteiger partial charge in [-0.2, -0.15) is 0 Å². The van der Waals surface area contributed by atoms with Crippen LogP contribution in [-0.4, -0.2) is 15.0 Å². The van der Waals surface area contributed by atoms with Crippen LogP contribution in [0.5, 0.6) is 0 Å². The van der Waals surface area contributed by atoms with Gasteiger partial charge in [-0.05, 0) is 34.4 Å². The molecule has 0 unspecified atom stereocenters. The summed E-state index contributed by atoms with van der Waals surface area (Å²) in [6, 6.07) is 70.2. The zero-order valence-electron chi connectivity index (χ0n) is 29.8. The maximum absolute atomic E-state index is 5.31. The molecule has 3 aromatic heterocycles. The van der Waals surface area contributed by atoms with Gasteiger partial charge in [0.05, 0.1) is 22.6 Å². The second-order valence-electron chi connectivity index (χ2n) is 13.6. The Morgan fingerprint density at radius 1 is 0.345 bits per heavy atom. The van der Waals surface area contributed by atoms with Gasteiger partial charge in [0.2, 0.25) is 0 Å². The standard InChI is InChI=1S/C51H33N3S/c1-5-15-36(16-6-1)44-33-45(54-51(53-44)41-21-11-4-12-22-41)37-29-25-34(26-30-37)35-27-31-38(32-28-35)46-47-48(39-17-7-2-8-18-39)52-43-24-14-13-23-42(43)50(47)55-49(46)40-19-9-3-10-20-40/h1-33H. The number of aromatic nitrogens is 3. The van der Waals surface area contributed by atoms with Crippen molar-refractivity contribution in [2.45, 2.75) is 0 Å². The predicted molar refractivity (Wildman–Crippen MR) is 231 cm³/mol. The van der Waals surface area contributed by atoms with Crippen molar-refractivity contribution in [2.24, 2.45) is 0 Å². The molecule has 3 nitrogen and oxygen atoms in total. The average Bonchev–Trinajstić information content (AvgIpc) is 3.68. The Morgan fingerprint density at radius 2 is 0.800 bits per heavy atom. The van der Waals surface area contributed by atoms with Crippen LogP contribution < -0.4 is 0 Å². The molecule has 10 rings (SSSR count). The molecule has 258 valence electrons. The molecule has 0 bridgehead atoms. The molecule has 0 atom stereocenters. The lowest BCUT2D eigenvalue weighted by atomic mass is 9.93. The molecule has 0 amide bonds. The number of hydrogen-bond donors (Lipinski definition) is 0. The first-order valence-corrected chi connectivity index (χ1v) is 19.3. The highest BCUT2D eigenvalue weighted by atomic mass is 32.1. The normalized spacial score (nSPS) is 11.3. The van der Waals surface area contributed by atoms with Crippen molar-refractivity contribution in [3.05, 3.63) is 200 Å². The number of nitrogens with zero attached hydrogens (tertiary/aromatic N) is 3. The van der Waals surface area contributed by atoms with Crippen LogP contribution in [0.2, 0.25) is 0 Å². The van der Waals surface area contributed by atoms with E-state index < -0.39 is 0 Å². The molecule has 55 heavy (non-hydrogen) atoms. The number of rotatable bonds is 7. The topological polar surface area (TPSA) is 38.7 Å². The molecule has 10 aromatic rings. The van der Waals surface area contributed by atoms with Crippen LogP contribution in [0.15, 0.2) is 200 Å². The van der Waals surface area contributed by atoms with Gasteiger partial charge in [-0.1, -0.05) is 188 Å². The van der Waals surface area contributed by atoms with E-state index in [4.69, 9.17) is 15.0 Å². The Labute approximate surface area is 323 Å². The summed E-state index contributed by atoms with van der Waals surface area (Å²) in [5.74, 6) is 0.714. The van der Waals surface area contributed by atoms with Gasteiger partial charge in [0, 0.05) is 48.2 Å². The molecule has 0 saturated carbocycles. The van der Waals surface area contributed by atoms with E-state index in [1.807, 2.05) is 47.7 Å². The Morgan fingerprint density at radius 3 is 1.40 bits per heavy atom. The minimum atomic E-state index is 0.714. The van der Waals surface area contributed by atoms with Crippen LogP contribution >= 0.6 is 11.3 Å². The van der Waals surface area contributed by atoms with Crippen molar-refractivity contribution in [2.75, 3.05) is 0 Å². The van der Waals surface area contributed by atoms with E-state index in [9.17, 15) is 0 Å². The van der Waals surface area contributed by atoms with Crippen molar-refractivity contribution < 1.29 is 0 Å². The number of hydrogen-bond acceptors (Lipinski definition) is 4. The highest BCUT2D eigenvalue weighted by molar-refractivity contribution is 7.24. The van der Waals surface area contributed by atoms with Gasteiger partial charge >= 0.3 is 0 Å². The second kappa shape index (κ2) is 14.1. The molecule has 4 heteroatoms. The summed E-state index contributed by atoms with van der Waals surface area (Å²) in [6.45, 7) is 0. The monoisotopic (exact) mass is 719 g/mol. The molecule has 0 radical (unpaired) electrons. The second-order valence-corrected chi connectivity index (χ2v) is 14.6. The fraction of sp³-hybridized carbons (Fsp3) is 0. The first kappa shape index (κ1) is 32.6. The Balaban J connectivity index is 1.06. The summed E-state index contributed by atoms with van der Waals surface area (Å²) in [6.07, 6.45) is 0. The summed E-state index contributed by atoms with van der Waals surface area (Å²) in [4.78, 5) is 16.5. The summed E-state index contributed by atoms with van der Waals surface area (Å²) >= 11 is 1.86. The van der Waals surface area contributed by atoms with Crippen molar-refractivity contribution in [3.63, 3.8) is 0 Å². The third-order valence-electron chi connectivity index (χ3n) is 10.1. The largest absolute Gasteiger partial charge is 0.247 e. The lowest BCUT2D eigenvalue weighted by molar-refractivity contribution is 1.18. The predicted octanol–water partition coefficient (Wildman–Crippen LogP) is 13.9. The minimum absolute atomic E-state index is 0.714. The van der Waals surface area contributed by atoms with Crippen LogP contribution in [0, 0.1) is 0 Å². The molecule has 0 aliphatic rings. The average molecular weight is 720 g/mol. The first-order valence-electron chi connectivity index (χ1n) is 18.4. The third kappa shape index (κ3) is 6.19. The van der Waals surface area contributed by atoms with Gasteiger partial charge in [-0.15, -0.1) is 11.3 Å². The molecule has 7 aromatic carbocycles. The molecule has 0 fully saturated rings. The van der Waals surface area contributed by atoms with Gasteiger partial charge in [0.1, 0.15) is 0 Å². The number of thiophene rings is 1. The third-order valence-corrected chi connectivity index (χ3v) is 11.4. The molecule has 0 spiro atoms.